The van der Waals surface area contributed by atoms with E-state index in [1.54, 1.807) is 0 Å². The molecule has 7 nitrogen and oxygen atoms in total. The third kappa shape index (κ3) is 6.69. The summed E-state index contributed by atoms with van der Waals surface area (Å²) in [5.74, 6) is 2.44. The van der Waals surface area contributed by atoms with E-state index in [1.807, 2.05) is 24.0 Å². The van der Waals surface area contributed by atoms with E-state index in [0.29, 0.717) is 48.6 Å². The molecule has 0 radical (unpaired) electrons. The van der Waals surface area contributed by atoms with Crippen LogP contribution in [-0.4, -0.2) is 62.7 Å². The summed E-state index contributed by atoms with van der Waals surface area (Å²) < 4.78 is 11.2. The lowest BCUT2D eigenvalue weighted by atomic mass is 10.1. The summed E-state index contributed by atoms with van der Waals surface area (Å²) in [6.45, 7) is 7.02. The molecule has 166 valence electrons. The van der Waals surface area contributed by atoms with Crippen molar-refractivity contribution in [2.24, 2.45) is 4.99 Å². The van der Waals surface area contributed by atoms with Crippen molar-refractivity contribution in [3.05, 3.63) is 22.7 Å². The Bertz CT molecular complexity index is 741. The van der Waals surface area contributed by atoms with Crippen LogP contribution in [0.5, 0.6) is 11.5 Å². The van der Waals surface area contributed by atoms with Gasteiger partial charge in [-0.1, -0.05) is 18.0 Å². The van der Waals surface area contributed by atoms with Gasteiger partial charge in [0.2, 0.25) is 5.91 Å². The van der Waals surface area contributed by atoms with Crippen LogP contribution in [0.4, 0.5) is 0 Å². The Kier molecular flexibility index (Phi) is 8.93. The highest BCUT2D eigenvalue weighted by Crippen LogP contribution is 2.38. The number of benzene rings is 1. The Balaban J connectivity index is 1.44. The maximum Gasteiger partial charge on any atom is 0.222 e. The van der Waals surface area contributed by atoms with Gasteiger partial charge in [0.1, 0.15) is 13.2 Å². The van der Waals surface area contributed by atoms with Crippen LogP contribution >= 0.6 is 11.6 Å². The smallest absolute Gasteiger partial charge is 0.222 e. The lowest BCUT2D eigenvalue weighted by molar-refractivity contribution is -0.130. The lowest BCUT2D eigenvalue weighted by Gasteiger charge is -2.20. The fraction of sp³-hybridized carbons (Fsp3) is 0.636. The molecule has 0 aromatic heterocycles. The number of fused-ring (bicyclic) bond motifs is 1. The van der Waals surface area contributed by atoms with Crippen LogP contribution in [0, 0.1) is 0 Å². The molecular formula is C22H33ClN4O3. The van der Waals surface area contributed by atoms with E-state index >= 15 is 0 Å². The molecule has 3 rings (SSSR count). The number of likely N-dealkylation sites (tertiary alicyclic amines) is 1. The van der Waals surface area contributed by atoms with Crippen molar-refractivity contribution in [1.82, 2.24) is 15.5 Å². The van der Waals surface area contributed by atoms with Gasteiger partial charge in [0.25, 0.3) is 0 Å². The number of guanidine groups is 1. The normalized spacial score (nSPS) is 16.9. The fourth-order valence-electron chi connectivity index (χ4n) is 3.70. The number of hydrogen-bond acceptors (Lipinski definition) is 4. The molecule has 2 heterocycles. The molecule has 0 unspecified atom stereocenters. The largest absolute Gasteiger partial charge is 0.486 e. The summed E-state index contributed by atoms with van der Waals surface area (Å²) in [6.07, 6.45) is 5.66. The quantitative estimate of drug-likeness (QED) is 0.372. The minimum Gasteiger partial charge on any atom is -0.486 e. The molecule has 1 saturated heterocycles. The SMILES string of the molecule is CCNC(=NCCCN1CCCCCC1=O)NCCc1cc(Cl)c2c(c1)OCCO2. The van der Waals surface area contributed by atoms with Crippen molar-refractivity contribution < 1.29 is 14.3 Å². The van der Waals surface area contributed by atoms with Crippen molar-refractivity contribution in [1.29, 1.82) is 0 Å². The van der Waals surface area contributed by atoms with Crippen molar-refractivity contribution in [3.8, 4) is 11.5 Å². The summed E-state index contributed by atoms with van der Waals surface area (Å²) in [5, 5.41) is 7.23. The summed E-state index contributed by atoms with van der Waals surface area (Å²) in [4.78, 5) is 18.7. The highest BCUT2D eigenvalue weighted by atomic mass is 35.5. The molecule has 1 aromatic rings. The number of nitrogens with one attached hydrogen (secondary N) is 2. The monoisotopic (exact) mass is 436 g/mol. The molecule has 1 amide bonds. The van der Waals surface area contributed by atoms with Gasteiger partial charge < -0.3 is 25.0 Å². The van der Waals surface area contributed by atoms with Crippen LogP contribution < -0.4 is 20.1 Å². The van der Waals surface area contributed by atoms with Crippen molar-refractivity contribution in [3.63, 3.8) is 0 Å². The van der Waals surface area contributed by atoms with Crippen LogP contribution in [0.2, 0.25) is 5.02 Å². The van der Waals surface area contributed by atoms with E-state index in [2.05, 4.69) is 15.6 Å². The maximum absolute atomic E-state index is 12.1. The molecule has 0 saturated carbocycles. The van der Waals surface area contributed by atoms with Crippen LogP contribution in [-0.2, 0) is 11.2 Å². The molecule has 0 bridgehead atoms. The Labute approximate surface area is 184 Å². The molecule has 2 aliphatic heterocycles. The summed E-state index contributed by atoms with van der Waals surface area (Å²) >= 11 is 6.32. The second-order valence-electron chi connectivity index (χ2n) is 7.58. The number of halogens is 1. The van der Waals surface area contributed by atoms with E-state index < -0.39 is 0 Å². The average Bonchev–Trinajstić information content (AvgIpc) is 2.95. The molecule has 8 heteroatoms. The maximum atomic E-state index is 12.1. The average molecular weight is 437 g/mol. The van der Waals surface area contributed by atoms with Crippen LogP contribution in [0.3, 0.4) is 0 Å². The second-order valence-corrected chi connectivity index (χ2v) is 7.99. The van der Waals surface area contributed by atoms with E-state index in [-0.39, 0.29) is 0 Å². The number of rotatable bonds is 8. The molecule has 2 aliphatic rings. The predicted molar refractivity (Wildman–Crippen MR) is 120 cm³/mol. The van der Waals surface area contributed by atoms with Gasteiger partial charge in [-0.25, -0.2) is 0 Å². The highest BCUT2D eigenvalue weighted by molar-refractivity contribution is 6.32. The number of aliphatic imine (C=N–C) groups is 1. The first-order chi connectivity index (χ1) is 14.7. The molecule has 30 heavy (non-hydrogen) atoms. The minimum atomic E-state index is 0.291. The van der Waals surface area contributed by atoms with E-state index in [0.717, 1.165) is 69.8 Å². The highest BCUT2D eigenvalue weighted by Gasteiger charge is 2.17. The van der Waals surface area contributed by atoms with E-state index in [4.69, 9.17) is 21.1 Å². The van der Waals surface area contributed by atoms with Crippen LogP contribution in [0.15, 0.2) is 17.1 Å². The van der Waals surface area contributed by atoms with Gasteiger partial charge in [-0.3, -0.25) is 9.79 Å². The molecule has 1 fully saturated rings. The van der Waals surface area contributed by atoms with Gasteiger partial charge >= 0.3 is 0 Å². The zero-order valence-corrected chi connectivity index (χ0v) is 18.6. The van der Waals surface area contributed by atoms with E-state index in [1.165, 1.54) is 0 Å². The van der Waals surface area contributed by atoms with E-state index in [9.17, 15) is 4.79 Å². The number of ether oxygens (including phenoxy) is 2. The number of hydrogen-bond donors (Lipinski definition) is 2. The first-order valence-corrected chi connectivity index (χ1v) is 11.4. The first kappa shape index (κ1) is 22.5. The number of carbonyl (C=O) groups is 1. The standard InChI is InChI=1S/C22H33ClN4O3/c1-2-24-22(25-9-6-12-27-11-5-3-4-7-20(27)28)26-10-8-17-15-18(23)21-19(16-17)29-13-14-30-21/h15-16H,2-14H2,1H3,(H2,24,25,26). The zero-order valence-electron chi connectivity index (χ0n) is 17.8. The summed E-state index contributed by atoms with van der Waals surface area (Å²) in [5.41, 5.74) is 1.09. The lowest BCUT2D eigenvalue weighted by Crippen LogP contribution is -2.38. The van der Waals surface area contributed by atoms with Gasteiger partial charge in [-0.05, 0) is 50.3 Å². The summed E-state index contributed by atoms with van der Waals surface area (Å²) in [6, 6.07) is 3.92. The van der Waals surface area contributed by atoms with Crippen molar-refractivity contribution in [2.45, 2.75) is 45.4 Å². The minimum absolute atomic E-state index is 0.291. The summed E-state index contributed by atoms with van der Waals surface area (Å²) in [7, 11) is 0. The van der Waals surface area contributed by atoms with Gasteiger partial charge in [0.05, 0.1) is 5.02 Å². The molecule has 1 aromatic carbocycles. The topological polar surface area (TPSA) is 75.2 Å². The Morgan fingerprint density at radius 2 is 2.07 bits per heavy atom. The molecule has 2 N–H and O–H groups in total. The predicted octanol–water partition coefficient (Wildman–Crippen LogP) is 3.00. The van der Waals surface area contributed by atoms with Crippen molar-refractivity contribution >= 4 is 23.5 Å². The van der Waals surface area contributed by atoms with Gasteiger partial charge in [-0.15, -0.1) is 0 Å². The Morgan fingerprint density at radius 1 is 1.20 bits per heavy atom. The Hall–Kier alpha value is -2.15. The molecular weight excluding hydrogens is 404 g/mol. The number of amides is 1. The number of carbonyl (C=O) groups excluding carboxylic acids is 1. The van der Waals surface area contributed by atoms with Crippen LogP contribution in [0.25, 0.3) is 0 Å². The third-order valence-corrected chi connectivity index (χ3v) is 5.52. The van der Waals surface area contributed by atoms with Gasteiger partial charge in [0.15, 0.2) is 17.5 Å². The molecule has 0 spiro atoms. The van der Waals surface area contributed by atoms with Gasteiger partial charge in [-0.2, -0.15) is 0 Å². The third-order valence-electron chi connectivity index (χ3n) is 5.23. The first-order valence-electron chi connectivity index (χ1n) is 11.1. The molecule has 0 aliphatic carbocycles. The molecule has 0 atom stereocenters. The second kappa shape index (κ2) is 11.9. The Morgan fingerprint density at radius 3 is 2.93 bits per heavy atom. The number of nitrogens with zero attached hydrogens (tertiary/aromatic N) is 2. The fourth-order valence-corrected chi connectivity index (χ4v) is 3.99. The van der Waals surface area contributed by atoms with Crippen LogP contribution in [0.1, 0.15) is 44.6 Å². The van der Waals surface area contributed by atoms with Gasteiger partial charge in [0, 0.05) is 39.1 Å². The van der Waals surface area contributed by atoms with Crippen molar-refractivity contribution in [2.75, 3.05) is 45.9 Å². The zero-order chi connectivity index (χ0) is 21.2.